The molecular formula is C21H22Cl2NTi. The van der Waals surface area contributed by atoms with E-state index in [1.54, 1.807) is 0 Å². The number of halogens is 2. The van der Waals surface area contributed by atoms with Gasteiger partial charge in [0, 0.05) is 0 Å². The second kappa shape index (κ2) is 10.9. The fraction of sp³-hybridized carbons (Fsp3) is 0.238. The average molecular weight is 407 g/mol. The number of benzene rings is 2. The predicted octanol–water partition coefficient (Wildman–Crippen LogP) is 0.411. The summed E-state index contributed by atoms with van der Waals surface area (Å²) >= 11 is 0. The number of rotatable bonds is 4. The van der Waals surface area contributed by atoms with Gasteiger partial charge in [-0.25, -0.2) is 0 Å². The molecule has 0 N–H and O–H groups in total. The van der Waals surface area contributed by atoms with Crippen LogP contribution in [0.25, 0.3) is 10.9 Å². The van der Waals surface area contributed by atoms with Crippen molar-refractivity contribution in [1.82, 2.24) is 0 Å². The minimum atomic E-state index is 0. The summed E-state index contributed by atoms with van der Waals surface area (Å²) in [6.45, 7) is 7.44. The first kappa shape index (κ1) is 24.0. The molecule has 1 radical (unpaired) electrons. The van der Waals surface area contributed by atoms with Crippen LogP contribution in [0.2, 0.25) is 0 Å². The van der Waals surface area contributed by atoms with Gasteiger partial charge in [-0.15, -0.1) is 12.2 Å². The van der Waals surface area contributed by atoms with Gasteiger partial charge in [0.05, 0.1) is 0 Å². The molecule has 0 spiro atoms. The largest absolute Gasteiger partial charge is 3.00 e. The third-order valence-corrected chi connectivity index (χ3v) is 4.63. The Bertz CT molecular complexity index is 752. The van der Waals surface area contributed by atoms with Gasteiger partial charge in [-0.1, -0.05) is 65.7 Å². The molecule has 0 unspecified atom stereocenters. The normalized spacial score (nSPS) is 12.9. The van der Waals surface area contributed by atoms with Crippen molar-refractivity contribution < 1.29 is 46.5 Å². The first-order valence-corrected chi connectivity index (χ1v) is 7.84. The minimum absolute atomic E-state index is 0. The van der Waals surface area contributed by atoms with E-state index in [9.17, 15) is 0 Å². The molecule has 0 amide bonds. The Hall–Kier alpha value is -0.986. The van der Waals surface area contributed by atoms with Crippen molar-refractivity contribution in [2.75, 3.05) is 0 Å². The molecule has 0 heterocycles. The molecule has 1 aliphatic carbocycles. The van der Waals surface area contributed by atoms with Crippen LogP contribution in [-0.4, -0.2) is 0 Å². The zero-order valence-corrected chi connectivity index (χ0v) is 17.9. The zero-order valence-electron chi connectivity index (χ0n) is 14.8. The number of hydrogen-bond donors (Lipinski definition) is 0. The smallest absolute Gasteiger partial charge is 1.00 e. The quantitative estimate of drug-likeness (QED) is 0.653. The van der Waals surface area contributed by atoms with Crippen molar-refractivity contribution in [3.63, 3.8) is 0 Å². The van der Waals surface area contributed by atoms with Crippen molar-refractivity contribution in [3.05, 3.63) is 87.8 Å². The number of hydrogen-bond acceptors (Lipinski definition) is 0. The summed E-state index contributed by atoms with van der Waals surface area (Å²) < 4.78 is 0. The second-order valence-electron chi connectivity index (χ2n) is 5.99. The van der Waals surface area contributed by atoms with Crippen LogP contribution in [-0.2, 0) is 28.3 Å². The van der Waals surface area contributed by atoms with E-state index in [2.05, 4.69) is 57.2 Å². The maximum Gasteiger partial charge on any atom is 3.00 e. The maximum atomic E-state index is 4.74. The van der Waals surface area contributed by atoms with Gasteiger partial charge in [0.15, 0.2) is 0 Å². The molecule has 0 atom stereocenters. The summed E-state index contributed by atoms with van der Waals surface area (Å²) in [6.07, 6.45) is 1.07. The molecule has 0 aromatic heterocycles. The molecule has 0 aliphatic heterocycles. The predicted molar refractivity (Wildman–Crippen MR) is 95.2 cm³/mol. The zero-order chi connectivity index (χ0) is 15.5. The Morgan fingerprint density at radius 1 is 0.800 bits per heavy atom. The van der Waals surface area contributed by atoms with Crippen LogP contribution < -0.4 is 24.8 Å². The molecule has 129 valence electrons. The maximum absolute atomic E-state index is 4.74. The summed E-state index contributed by atoms with van der Waals surface area (Å²) in [4.78, 5) is 0. The average Bonchev–Trinajstić information content (AvgIpc) is 2.82. The Morgan fingerprint density at radius 2 is 1.40 bits per heavy atom. The van der Waals surface area contributed by atoms with Crippen molar-refractivity contribution in [2.45, 2.75) is 33.7 Å². The van der Waals surface area contributed by atoms with Gasteiger partial charge < -0.3 is 30.1 Å². The van der Waals surface area contributed by atoms with Gasteiger partial charge in [-0.2, -0.15) is 0 Å². The van der Waals surface area contributed by atoms with E-state index in [-0.39, 0.29) is 46.5 Å². The Morgan fingerprint density at radius 3 is 2.00 bits per heavy atom. The third kappa shape index (κ3) is 5.49. The first-order chi connectivity index (χ1) is 10.7. The molecule has 3 rings (SSSR count). The molecule has 4 heteroatoms. The van der Waals surface area contributed by atoms with Crippen LogP contribution in [0.3, 0.4) is 0 Å². The van der Waals surface area contributed by atoms with Crippen molar-refractivity contribution in [2.24, 2.45) is 0 Å². The van der Waals surface area contributed by atoms with Gasteiger partial charge in [0.2, 0.25) is 0 Å². The summed E-state index contributed by atoms with van der Waals surface area (Å²) in [5.41, 5.74) is 9.55. The fourth-order valence-electron chi connectivity index (χ4n) is 3.04. The van der Waals surface area contributed by atoms with Crippen LogP contribution in [0.1, 0.15) is 38.3 Å². The number of para-hydroxylation sites is 1. The Kier molecular flexibility index (Phi) is 10.5. The van der Waals surface area contributed by atoms with Gasteiger partial charge in [0.1, 0.15) is 0 Å². The molecule has 0 saturated carbocycles. The van der Waals surface area contributed by atoms with E-state index in [1.165, 1.54) is 33.4 Å². The van der Waals surface area contributed by atoms with Crippen LogP contribution in [0, 0.1) is 0 Å². The topological polar surface area (TPSA) is 14.1 Å². The second-order valence-corrected chi connectivity index (χ2v) is 5.99. The molecule has 0 fully saturated rings. The molecule has 0 saturated heterocycles. The molecule has 2 aromatic rings. The Labute approximate surface area is 178 Å². The van der Waals surface area contributed by atoms with E-state index in [1.807, 2.05) is 18.2 Å². The van der Waals surface area contributed by atoms with Crippen molar-refractivity contribution in [1.29, 1.82) is 0 Å². The molecular weight excluding hydrogens is 385 g/mol. The molecule has 25 heavy (non-hydrogen) atoms. The van der Waals surface area contributed by atoms with Crippen molar-refractivity contribution >= 4 is 11.3 Å². The number of allylic oxidation sites excluding steroid dienone is 4. The van der Waals surface area contributed by atoms with Gasteiger partial charge in [-0.05, 0) is 49.5 Å². The minimum Gasteiger partial charge on any atom is -1.00 e. The standard InChI is InChI=1S/C21H22N.2ClH.Ti/c1-15-13-21(17(3)16(15)2)20-12-8-7-9-18(20)14-22-19-10-5-4-6-11-19;;;/h4-12H,13-14H2,1-3H3;2*1H;/q-1;;;+3/p-2. The summed E-state index contributed by atoms with van der Waals surface area (Å²) in [6, 6.07) is 18.9. The van der Waals surface area contributed by atoms with Crippen LogP contribution in [0.4, 0.5) is 5.69 Å². The third-order valence-electron chi connectivity index (χ3n) is 4.63. The van der Waals surface area contributed by atoms with Crippen LogP contribution >= 0.6 is 0 Å². The first-order valence-electron chi connectivity index (χ1n) is 7.84. The van der Waals surface area contributed by atoms with Crippen LogP contribution in [0.15, 0.2) is 71.3 Å². The summed E-state index contributed by atoms with van der Waals surface area (Å²) in [5.74, 6) is 0. The fourth-order valence-corrected chi connectivity index (χ4v) is 3.04. The molecule has 1 aliphatic rings. The van der Waals surface area contributed by atoms with E-state index in [0.29, 0.717) is 0 Å². The van der Waals surface area contributed by atoms with Gasteiger partial charge in [-0.3, -0.25) is 0 Å². The number of nitrogens with zero attached hydrogens (tertiary/aromatic N) is 1. The Balaban J connectivity index is 0.00000192. The van der Waals surface area contributed by atoms with Crippen LogP contribution in [0.5, 0.6) is 0 Å². The van der Waals surface area contributed by atoms with Gasteiger partial charge in [0.25, 0.3) is 0 Å². The SMILES string of the molecule is CC1=C(C)C(C)=C(c2ccccc2C[N-]c2ccccc2)C1.[Cl-].[Cl-].[Ti+3]. The summed E-state index contributed by atoms with van der Waals surface area (Å²) in [7, 11) is 0. The molecule has 1 nitrogen and oxygen atoms in total. The molecule has 0 bridgehead atoms. The summed E-state index contributed by atoms with van der Waals surface area (Å²) in [5, 5.41) is 4.74. The van der Waals surface area contributed by atoms with Crippen molar-refractivity contribution in [3.8, 4) is 0 Å². The monoisotopic (exact) mass is 406 g/mol. The van der Waals surface area contributed by atoms with E-state index < -0.39 is 0 Å². The van der Waals surface area contributed by atoms with E-state index in [0.717, 1.165) is 18.7 Å². The van der Waals surface area contributed by atoms with Gasteiger partial charge >= 0.3 is 21.7 Å². The molecule has 2 aromatic carbocycles. The van der Waals surface area contributed by atoms with E-state index >= 15 is 0 Å². The van der Waals surface area contributed by atoms with E-state index in [4.69, 9.17) is 5.32 Å².